The molecule has 0 aliphatic rings. The summed E-state index contributed by atoms with van der Waals surface area (Å²) >= 11 is 0. The molecule has 0 unspecified atom stereocenters. The van der Waals surface area contributed by atoms with Gasteiger partial charge in [0.05, 0.1) is 6.26 Å². The van der Waals surface area contributed by atoms with E-state index in [1.807, 2.05) is 24.3 Å². The summed E-state index contributed by atoms with van der Waals surface area (Å²) in [7, 11) is -3.56. The summed E-state index contributed by atoms with van der Waals surface area (Å²) in [6.45, 7) is 7.37. The van der Waals surface area contributed by atoms with Gasteiger partial charge < -0.3 is 14.4 Å². The van der Waals surface area contributed by atoms with Gasteiger partial charge >= 0.3 is 16.1 Å². The minimum absolute atomic E-state index is 0.157. The van der Waals surface area contributed by atoms with Gasteiger partial charge in [0.15, 0.2) is 0 Å². The van der Waals surface area contributed by atoms with E-state index in [1.54, 1.807) is 29.2 Å². The van der Waals surface area contributed by atoms with Crippen LogP contribution < -0.4 is 9.50 Å². The van der Waals surface area contributed by atoms with Gasteiger partial charge in [0, 0.05) is 18.8 Å². The van der Waals surface area contributed by atoms with Crippen molar-refractivity contribution in [2.45, 2.75) is 40.2 Å². The third-order valence-electron chi connectivity index (χ3n) is 4.39. The molecule has 6 nitrogen and oxygen atoms in total. The third-order valence-corrected chi connectivity index (χ3v) is 4.89. The van der Waals surface area contributed by atoms with Gasteiger partial charge in [-0.1, -0.05) is 45.0 Å². The number of carbonyl (C=O) groups is 1. The highest BCUT2D eigenvalue weighted by Crippen LogP contribution is 2.17. The molecule has 0 saturated carbocycles. The number of urea groups is 1. The van der Waals surface area contributed by atoms with E-state index in [4.69, 9.17) is 4.18 Å². The molecule has 0 bridgehead atoms. The second-order valence-corrected chi connectivity index (χ2v) is 9.09. The van der Waals surface area contributed by atoms with Gasteiger partial charge in [-0.05, 0) is 54.2 Å². The molecule has 0 aliphatic carbocycles. The normalized spacial score (nSPS) is 11.3. The maximum absolute atomic E-state index is 12.9. The molecule has 0 radical (unpaired) electrons. The molecule has 7 heteroatoms. The molecule has 29 heavy (non-hydrogen) atoms. The lowest BCUT2D eigenvalue weighted by Crippen LogP contribution is -2.35. The third kappa shape index (κ3) is 8.15. The van der Waals surface area contributed by atoms with Crippen LogP contribution in [-0.2, 0) is 23.1 Å². The molecule has 1 N–H and O–H groups in total. The Morgan fingerprint density at radius 2 is 1.79 bits per heavy atom. The van der Waals surface area contributed by atoms with Crippen molar-refractivity contribution >= 4 is 21.8 Å². The van der Waals surface area contributed by atoms with Crippen LogP contribution in [0.4, 0.5) is 10.5 Å². The Bertz CT molecular complexity index is 909. The van der Waals surface area contributed by atoms with Gasteiger partial charge in [0.1, 0.15) is 5.75 Å². The summed E-state index contributed by atoms with van der Waals surface area (Å²) in [5.74, 6) is 0.727. The van der Waals surface area contributed by atoms with Gasteiger partial charge in [-0.2, -0.15) is 8.42 Å². The number of aryl methyl sites for hydroxylation is 1. The van der Waals surface area contributed by atoms with Crippen LogP contribution >= 0.6 is 0 Å². The topological polar surface area (TPSA) is 75.7 Å². The molecule has 0 fully saturated rings. The number of nitrogens with zero attached hydrogens (tertiary/aromatic N) is 1. The summed E-state index contributed by atoms with van der Waals surface area (Å²) in [6, 6.07) is 14.4. The van der Waals surface area contributed by atoms with Crippen molar-refractivity contribution in [3.8, 4) is 5.75 Å². The zero-order chi connectivity index (χ0) is 21.4. The highest BCUT2D eigenvalue weighted by molar-refractivity contribution is 7.86. The van der Waals surface area contributed by atoms with Crippen LogP contribution in [0.2, 0.25) is 0 Å². The van der Waals surface area contributed by atoms with E-state index in [0.717, 1.165) is 35.9 Å². The Hall–Kier alpha value is -2.54. The number of benzene rings is 2. The molecule has 0 aromatic heterocycles. The average molecular weight is 419 g/mol. The maximum atomic E-state index is 12.9. The second-order valence-electron chi connectivity index (χ2n) is 7.52. The number of hydrogen-bond donors (Lipinski definition) is 1. The molecule has 0 spiro atoms. The number of rotatable bonds is 9. The largest absolute Gasteiger partial charge is 0.383 e. The lowest BCUT2D eigenvalue weighted by molar-refractivity contribution is 0.205. The van der Waals surface area contributed by atoms with E-state index in [2.05, 4.69) is 26.1 Å². The Labute approximate surface area is 174 Å². The maximum Gasteiger partial charge on any atom is 0.322 e. The Balaban J connectivity index is 2.11. The minimum Gasteiger partial charge on any atom is -0.383 e. The summed E-state index contributed by atoms with van der Waals surface area (Å²) in [4.78, 5) is 14.7. The molecule has 2 aromatic carbocycles. The van der Waals surface area contributed by atoms with Crippen LogP contribution in [0.15, 0.2) is 48.5 Å². The molecule has 0 atom stereocenters. The molecule has 0 saturated heterocycles. The molecule has 158 valence electrons. The zero-order valence-electron chi connectivity index (χ0n) is 17.5. The second kappa shape index (κ2) is 10.3. The van der Waals surface area contributed by atoms with E-state index in [1.165, 1.54) is 0 Å². The van der Waals surface area contributed by atoms with Crippen molar-refractivity contribution in [3.05, 3.63) is 59.7 Å². The predicted octanol–water partition coefficient (Wildman–Crippen LogP) is 4.67. The molecule has 2 aromatic rings. The molecular weight excluding hydrogens is 388 g/mol. The molecule has 0 aliphatic heterocycles. The quantitative estimate of drug-likeness (QED) is 0.601. The van der Waals surface area contributed by atoms with E-state index in [9.17, 15) is 13.2 Å². The summed E-state index contributed by atoms with van der Waals surface area (Å²) in [5, 5.41) is 2.99. The zero-order valence-corrected chi connectivity index (χ0v) is 18.3. The molecular formula is C22H30N2O4S. The van der Waals surface area contributed by atoms with Crippen LogP contribution in [0.25, 0.3) is 0 Å². The van der Waals surface area contributed by atoms with Crippen molar-refractivity contribution < 1.29 is 17.4 Å². The van der Waals surface area contributed by atoms with Crippen LogP contribution in [0.3, 0.4) is 0 Å². The summed E-state index contributed by atoms with van der Waals surface area (Å²) in [5.41, 5.74) is 2.84. The first-order chi connectivity index (χ1) is 13.7. The fourth-order valence-corrected chi connectivity index (χ4v) is 3.24. The SMILES string of the molecule is CCc1cccc(NC(=O)N(CCC(C)C)Cc2ccc(OS(C)(=O)=O)cc2)c1. The van der Waals surface area contributed by atoms with Crippen molar-refractivity contribution in [3.63, 3.8) is 0 Å². The first-order valence-electron chi connectivity index (χ1n) is 9.79. The number of nitrogens with one attached hydrogen (secondary N) is 1. The molecule has 2 rings (SSSR count). The minimum atomic E-state index is -3.56. The van der Waals surface area contributed by atoms with Gasteiger partial charge in [-0.3, -0.25) is 0 Å². The predicted molar refractivity (Wildman–Crippen MR) is 117 cm³/mol. The Morgan fingerprint density at radius 3 is 2.38 bits per heavy atom. The smallest absolute Gasteiger partial charge is 0.322 e. The number of carbonyl (C=O) groups excluding carboxylic acids is 1. The van der Waals surface area contributed by atoms with Crippen LogP contribution in [-0.4, -0.2) is 32.1 Å². The van der Waals surface area contributed by atoms with Crippen LogP contribution in [0.1, 0.15) is 38.3 Å². The number of amides is 2. The average Bonchev–Trinajstić information content (AvgIpc) is 2.65. The van der Waals surface area contributed by atoms with Crippen molar-refractivity contribution in [1.29, 1.82) is 0 Å². The lowest BCUT2D eigenvalue weighted by Gasteiger charge is -2.24. The fraction of sp³-hybridized carbons (Fsp3) is 0.409. The summed E-state index contributed by atoms with van der Waals surface area (Å²) < 4.78 is 27.3. The number of hydrogen-bond acceptors (Lipinski definition) is 4. The lowest BCUT2D eigenvalue weighted by atomic mass is 10.1. The standard InChI is InChI=1S/C22H30N2O4S/c1-5-18-7-6-8-20(15-18)23-22(25)24(14-13-17(2)3)16-19-9-11-21(12-10-19)28-29(4,26)27/h6-12,15,17H,5,13-14,16H2,1-4H3,(H,23,25). The van der Waals surface area contributed by atoms with Gasteiger partial charge in [-0.25, -0.2) is 4.79 Å². The van der Waals surface area contributed by atoms with Crippen molar-refractivity contribution in [2.75, 3.05) is 18.1 Å². The highest BCUT2D eigenvalue weighted by atomic mass is 32.2. The van der Waals surface area contributed by atoms with E-state index in [-0.39, 0.29) is 11.8 Å². The Morgan fingerprint density at radius 1 is 1.10 bits per heavy atom. The first-order valence-corrected chi connectivity index (χ1v) is 11.6. The van der Waals surface area contributed by atoms with Gasteiger partial charge in [0.2, 0.25) is 0 Å². The van der Waals surface area contributed by atoms with Crippen LogP contribution in [0.5, 0.6) is 5.75 Å². The van der Waals surface area contributed by atoms with Crippen LogP contribution in [0, 0.1) is 5.92 Å². The summed E-state index contributed by atoms with van der Waals surface area (Å²) in [6.07, 6.45) is 2.80. The van der Waals surface area contributed by atoms with Gasteiger partial charge in [0.25, 0.3) is 0 Å². The van der Waals surface area contributed by atoms with Crippen molar-refractivity contribution in [2.24, 2.45) is 5.92 Å². The van der Waals surface area contributed by atoms with E-state index in [0.29, 0.717) is 19.0 Å². The highest BCUT2D eigenvalue weighted by Gasteiger charge is 2.15. The molecule has 2 amide bonds. The monoisotopic (exact) mass is 418 g/mol. The van der Waals surface area contributed by atoms with Crippen molar-refractivity contribution in [1.82, 2.24) is 4.90 Å². The van der Waals surface area contributed by atoms with Gasteiger partial charge in [-0.15, -0.1) is 0 Å². The Kier molecular flexibility index (Phi) is 8.08. The van der Waals surface area contributed by atoms with E-state index < -0.39 is 10.1 Å². The number of anilines is 1. The molecule has 0 heterocycles. The first kappa shape index (κ1) is 22.7. The van der Waals surface area contributed by atoms with E-state index >= 15 is 0 Å². The fourth-order valence-electron chi connectivity index (χ4n) is 2.78.